The van der Waals surface area contributed by atoms with Crippen molar-refractivity contribution >= 4 is 43.7 Å². The first-order valence-electron chi connectivity index (χ1n) is 9.16. The zero-order valence-electron chi connectivity index (χ0n) is 16.4. The van der Waals surface area contributed by atoms with E-state index in [1.54, 1.807) is 30.2 Å². The van der Waals surface area contributed by atoms with Gasteiger partial charge in [0.2, 0.25) is 10.0 Å². The van der Waals surface area contributed by atoms with E-state index < -0.39 is 10.0 Å². The van der Waals surface area contributed by atoms with Crippen molar-refractivity contribution in [3.8, 4) is 0 Å². The smallest absolute Gasteiger partial charge is 0.242 e. The summed E-state index contributed by atoms with van der Waals surface area (Å²) in [5.41, 5.74) is 2.51. The molecule has 0 aliphatic carbocycles. The maximum atomic E-state index is 12.4. The molecule has 0 atom stereocenters. The summed E-state index contributed by atoms with van der Waals surface area (Å²) >= 11 is 1.60. The van der Waals surface area contributed by atoms with Crippen LogP contribution in [0.25, 0.3) is 21.9 Å². The number of sulfonamides is 1. The summed E-state index contributed by atoms with van der Waals surface area (Å²) in [6, 6.07) is 13.0. The van der Waals surface area contributed by atoms with Crippen molar-refractivity contribution in [1.29, 1.82) is 0 Å². The maximum Gasteiger partial charge on any atom is 0.242 e. The number of aromatic nitrogens is 4. The lowest BCUT2D eigenvalue weighted by Gasteiger charge is -2.11. The molecule has 7 nitrogen and oxygen atoms in total. The average Bonchev–Trinajstić information content (AvgIpc) is 3.08. The van der Waals surface area contributed by atoms with Gasteiger partial charge < -0.3 is 4.57 Å². The number of hydrogen-bond acceptors (Lipinski definition) is 6. The lowest BCUT2D eigenvalue weighted by atomic mass is 10.2. The molecule has 0 spiro atoms. The van der Waals surface area contributed by atoms with E-state index >= 15 is 0 Å². The van der Waals surface area contributed by atoms with E-state index in [-0.39, 0.29) is 4.90 Å². The van der Waals surface area contributed by atoms with Crippen LogP contribution >= 0.6 is 11.8 Å². The van der Waals surface area contributed by atoms with Crippen molar-refractivity contribution in [3.63, 3.8) is 0 Å². The molecule has 150 valence electrons. The number of rotatable bonds is 6. The van der Waals surface area contributed by atoms with Crippen LogP contribution in [0.4, 0.5) is 0 Å². The second kappa shape index (κ2) is 7.74. The number of aryl methyl sites for hydroxylation is 1. The fraction of sp³-hybridized carbons (Fsp3) is 0.250. The third-order valence-corrected chi connectivity index (χ3v) is 7.55. The molecule has 2 aromatic heterocycles. The van der Waals surface area contributed by atoms with Gasteiger partial charge in [0.1, 0.15) is 17.2 Å². The van der Waals surface area contributed by atoms with Gasteiger partial charge in [-0.15, -0.1) is 0 Å². The van der Waals surface area contributed by atoms with E-state index in [1.165, 1.54) is 18.4 Å². The van der Waals surface area contributed by atoms with Gasteiger partial charge in [-0.05, 0) is 31.2 Å². The predicted octanol–water partition coefficient (Wildman–Crippen LogP) is 3.54. The Bertz CT molecular complexity index is 1290. The summed E-state index contributed by atoms with van der Waals surface area (Å²) in [5, 5.41) is 1.92. The van der Waals surface area contributed by atoms with Gasteiger partial charge in [-0.1, -0.05) is 30.0 Å². The van der Waals surface area contributed by atoms with Crippen LogP contribution < -0.4 is 0 Å². The highest BCUT2D eigenvalue weighted by atomic mass is 32.2. The minimum absolute atomic E-state index is 0.247. The summed E-state index contributed by atoms with van der Waals surface area (Å²) < 4.78 is 28.2. The van der Waals surface area contributed by atoms with Crippen LogP contribution in [0.2, 0.25) is 0 Å². The highest BCUT2D eigenvalue weighted by Gasteiger charge is 2.19. The molecule has 0 saturated carbocycles. The normalized spacial score (nSPS) is 12.3. The molecule has 4 rings (SSSR count). The van der Waals surface area contributed by atoms with Crippen molar-refractivity contribution in [2.75, 3.05) is 14.1 Å². The number of nitrogens with zero attached hydrogens (tertiary/aromatic N) is 5. The lowest BCUT2D eigenvalue weighted by Crippen LogP contribution is -2.22. The molecular formula is C20H21N5O2S2. The molecule has 0 aliphatic heterocycles. The van der Waals surface area contributed by atoms with Gasteiger partial charge in [-0.25, -0.2) is 27.7 Å². The molecule has 0 fully saturated rings. The van der Waals surface area contributed by atoms with Gasteiger partial charge in [0.15, 0.2) is 0 Å². The molecule has 0 saturated heterocycles. The lowest BCUT2D eigenvalue weighted by molar-refractivity contribution is 0.521. The Morgan fingerprint density at radius 2 is 1.86 bits per heavy atom. The van der Waals surface area contributed by atoms with Crippen LogP contribution in [-0.2, 0) is 22.3 Å². The summed E-state index contributed by atoms with van der Waals surface area (Å²) in [6.07, 6.45) is 1.58. The van der Waals surface area contributed by atoms with E-state index in [0.717, 1.165) is 33.8 Å². The quantitative estimate of drug-likeness (QED) is 0.346. The van der Waals surface area contributed by atoms with E-state index in [9.17, 15) is 8.42 Å². The topological polar surface area (TPSA) is 81.0 Å². The Morgan fingerprint density at radius 3 is 2.62 bits per heavy atom. The van der Waals surface area contributed by atoms with E-state index in [2.05, 4.69) is 21.5 Å². The Labute approximate surface area is 173 Å². The third kappa shape index (κ3) is 3.61. The van der Waals surface area contributed by atoms with E-state index in [1.807, 2.05) is 30.3 Å². The third-order valence-electron chi connectivity index (χ3n) is 4.74. The van der Waals surface area contributed by atoms with Gasteiger partial charge >= 0.3 is 0 Å². The Morgan fingerprint density at radius 1 is 1.07 bits per heavy atom. The first-order chi connectivity index (χ1) is 13.9. The van der Waals surface area contributed by atoms with Crippen molar-refractivity contribution in [1.82, 2.24) is 23.8 Å². The zero-order chi connectivity index (χ0) is 20.6. The molecule has 0 unspecified atom stereocenters. The first-order valence-corrected chi connectivity index (χ1v) is 11.6. The molecule has 0 aliphatic rings. The number of thioether (sulfide) groups is 1. The van der Waals surface area contributed by atoms with Gasteiger partial charge in [0, 0.05) is 26.0 Å². The van der Waals surface area contributed by atoms with Gasteiger partial charge in [0.05, 0.1) is 27.2 Å². The zero-order valence-corrected chi connectivity index (χ0v) is 18.0. The molecule has 0 N–H and O–H groups in total. The molecule has 29 heavy (non-hydrogen) atoms. The van der Waals surface area contributed by atoms with Gasteiger partial charge in [0.25, 0.3) is 0 Å². The van der Waals surface area contributed by atoms with Crippen LogP contribution in [0.5, 0.6) is 0 Å². The second-order valence-corrected chi connectivity index (χ2v) is 9.81. The molecule has 9 heteroatoms. The largest absolute Gasteiger partial charge is 0.328 e. The molecule has 2 aromatic carbocycles. The van der Waals surface area contributed by atoms with E-state index in [4.69, 9.17) is 4.98 Å². The number of para-hydroxylation sites is 1. The van der Waals surface area contributed by atoms with Gasteiger partial charge in [-0.2, -0.15) is 0 Å². The summed E-state index contributed by atoms with van der Waals surface area (Å²) in [6.45, 7) is 2.80. The van der Waals surface area contributed by atoms with Gasteiger partial charge in [-0.3, -0.25) is 0 Å². The molecule has 0 radical (unpaired) electrons. The fourth-order valence-corrected chi connectivity index (χ4v) is 5.08. The van der Waals surface area contributed by atoms with Crippen molar-refractivity contribution < 1.29 is 8.42 Å². The number of hydrogen-bond donors (Lipinski definition) is 0. The standard InChI is InChI=1S/C20H21N5O2S2/c1-4-25-18-10-9-14(29(26,27)24(2)3)11-17(18)23-19(25)12-28-20-15-7-5-6-8-16(15)21-13-22-20/h5-11,13H,4,12H2,1-3H3. The summed E-state index contributed by atoms with van der Waals surface area (Å²) in [5.74, 6) is 1.51. The average molecular weight is 428 g/mol. The number of fused-ring (bicyclic) bond motifs is 2. The van der Waals surface area contributed by atoms with Crippen LogP contribution in [0.3, 0.4) is 0 Å². The first kappa shape index (κ1) is 19.8. The molecule has 0 amide bonds. The number of imidazole rings is 1. The highest BCUT2D eigenvalue weighted by Crippen LogP contribution is 2.29. The Hall–Kier alpha value is -2.49. The minimum atomic E-state index is -3.50. The minimum Gasteiger partial charge on any atom is -0.328 e. The highest BCUT2D eigenvalue weighted by molar-refractivity contribution is 7.98. The van der Waals surface area contributed by atoms with Crippen molar-refractivity contribution in [3.05, 3.63) is 54.6 Å². The summed E-state index contributed by atoms with van der Waals surface area (Å²) in [4.78, 5) is 13.7. The fourth-order valence-electron chi connectivity index (χ4n) is 3.22. The Balaban J connectivity index is 1.70. The second-order valence-electron chi connectivity index (χ2n) is 6.69. The molecule has 4 aromatic rings. The van der Waals surface area contributed by atoms with Crippen molar-refractivity contribution in [2.24, 2.45) is 0 Å². The Kier molecular flexibility index (Phi) is 5.28. The number of benzene rings is 2. The molecule has 2 heterocycles. The van der Waals surface area contributed by atoms with Crippen molar-refractivity contribution in [2.45, 2.75) is 29.1 Å². The molecular weight excluding hydrogens is 406 g/mol. The predicted molar refractivity (Wildman–Crippen MR) is 115 cm³/mol. The van der Waals surface area contributed by atoms with Crippen LogP contribution in [-0.4, -0.2) is 46.3 Å². The van der Waals surface area contributed by atoms with E-state index in [0.29, 0.717) is 11.3 Å². The SMILES string of the molecule is CCn1c(CSc2ncnc3ccccc23)nc2cc(S(=O)(=O)N(C)C)ccc21. The molecule has 0 bridgehead atoms. The van der Waals surface area contributed by atoms with Crippen LogP contribution in [0, 0.1) is 0 Å². The maximum absolute atomic E-state index is 12.4. The monoisotopic (exact) mass is 427 g/mol. The van der Waals surface area contributed by atoms with Crippen LogP contribution in [0.1, 0.15) is 12.7 Å². The summed E-state index contributed by atoms with van der Waals surface area (Å²) in [7, 11) is -0.444. The van der Waals surface area contributed by atoms with Crippen LogP contribution in [0.15, 0.2) is 58.7 Å².